The molecular formula is C16H22N2. The zero-order chi connectivity index (χ0) is 13.0. The predicted octanol–water partition coefficient (Wildman–Crippen LogP) is 3.39. The van der Waals surface area contributed by atoms with Gasteiger partial charge in [0.15, 0.2) is 0 Å². The van der Waals surface area contributed by atoms with Crippen LogP contribution in [-0.4, -0.2) is 6.54 Å². The Morgan fingerprint density at radius 1 is 1.39 bits per heavy atom. The lowest BCUT2D eigenvalue weighted by molar-refractivity contribution is 0.392. The molecule has 18 heavy (non-hydrogen) atoms. The second-order valence-corrected chi connectivity index (χ2v) is 5.55. The van der Waals surface area contributed by atoms with Gasteiger partial charge in [-0.3, -0.25) is 0 Å². The first-order chi connectivity index (χ1) is 8.70. The molecule has 1 fully saturated rings. The van der Waals surface area contributed by atoms with Crippen LogP contribution in [0, 0.1) is 30.1 Å². The van der Waals surface area contributed by atoms with E-state index in [2.05, 4.69) is 31.3 Å². The molecule has 2 rings (SSSR count). The number of hydrogen-bond acceptors (Lipinski definition) is 2. The predicted molar refractivity (Wildman–Crippen MR) is 74.1 cm³/mol. The fraction of sp³-hybridized carbons (Fsp3) is 0.562. The van der Waals surface area contributed by atoms with Gasteiger partial charge in [-0.15, -0.1) is 0 Å². The van der Waals surface area contributed by atoms with Crippen LogP contribution in [0.4, 0.5) is 0 Å². The summed E-state index contributed by atoms with van der Waals surface area (Å²) in [5, 5.41) is 12.4. The third kappa shape index (κ3) is 3.11. The Labute approximate surface area is 110 Å². The van der Waals surface area contributed by atoms with E-state index in [1.807, 2.05) is 12.1 Å². The Balaban J connectivity index is 1.85. The van der Waals surface area contributed by atoms with Crippen LogP contribution in [0.15, 0.2) is 18.2 Å². The van der Waals surface area contributed by atoms with E-state index in [4.69, 9.17) is 5.26 Å². The highest BCUT2D eigenvalue weighted by Gasteiger charge is 2.22. The molecule has 1 aromatic rings. The van der Waals surface area contributed by atoms with Crippen molar-refractivity contribution in [1.29, 1.82) is 5.26 Å². The molecule has 0 aliphatic heterocycles. The van der Waals surface area contributed by atoms with Crippen LogP contribution in [-0.2, 0) is 6.54 Å². The normalized spacial score (nSPS) is 22.9. The number of rotatable bonds is 4. The maximum absolute atomic E-state index is 8.84. The van der Waals surface area contributed by atoms with Crippen molar-refractivity contribution in [2.45, 2.75) is 39.7 Å². The fourth-order valence-corrected chi connectivity index (χ4v) is 2.88. The number of nitrogens with zero attached hydrogens (tertiary/aromatic N) is 1. The van der Waals surface area contributed by atoms with E-state index in [9.17, 15) is 0 Å². The fourth-order valence-electron chi connectivity index (χ4n) is 2.88. The highest BCUT2D eigenvalue weighted by atomic mass is 14.9. The van der Waals surface area contributed by atoms with Gasteiger partial charge >= 0.3 is 0 Å². The monoisotopic (exact) mass is 242 g/mol. The van der Waals surface area contributed by atoms with Gasteiger partial charge in [0, 0.05) is 6.54 Å². The number of nitrogens with one attached hydrogen (secondary N) is 1. The van der Waals surface area contributed by atoms with Crippen LogP contribution in [0.2, 0.25) is 0 Å². The number of nitriles is 1. The summed E-state index contributed by atoms with van der Waals surface area (Å²) in [4.78, 5) is 0. The average Bonchev–Trinajstić information content (AvgIpc) is 2.77. The van der Waals surface area contributed by atoms with E-state index in [0.717, 1.165) is 30.5 Å². The van der Waals surface area contributed by atoms with Gasteiger partial charge in [-0.25, -0.2) is 0 Å². The Morgan fingerprint density at radius 2 is 2.22 bits per heavy atom. The highest BCUT2D eigenvalue weighted by Crippen LogP contribution is 2.30. The van der Waals surface area contributed by atoms with Crippen molar-refractivity contribution in [2.75, 3.05) is 6.54 Å². The van der Waals surface area contributed by atoms with Crippen LogP contribution >= 0.6 is 0 Å². The largest absolute Gasteiger partial charge is 0.312 e. The van der Waals surface area contributed by atoms with Crippen molar-refractivity contribution >= 4 is 0 Å². The summed E-state index contributed by atoms with van der Waals surface area (Å²) in [6, 6.07) is 8.12. The van der Waals surface area contributed by atoms with Crippen molar-refractivity contribution in [3.05, 3.63) is 34.9 Å². The van der Waals surface area contributed by atoms with Crippen molar-refractivity contribution < 1.29 is 0 Å². The minimum atomic E-state index is 0.751. The summed E-state index contributed by atoms with van der Waals surface area (Å²) in [5.41, 5.74) is 3.27. The van der Waals surface area contributed by atoms with E-state index >= 15 is 0 Å². The molecule has 0 spiro atoms. The smallest absolute Gasteiger partial charge is 0.0991 e. The Hall–Kier alpha value is -1.33. The van der Waals surface area contributed by atoms with E-state index in [0.29, 0.717) is 0 Å². The van der Waals surface area contributed by atoms with E-state index in [1.54, 1.807) is 0 Å². The van der Waals surface area contributed by atoms with Crippen molar-refractivity contribution in [2.24, 2.45) is 11.8 Å². The Kier molecular flexibility index (Phi) is 4.38. The molecule has 2 heteroatoms. The quantitative estimate of drug-likeness (QED) is 0.878. The molecule has 2 atom stereocenters. The lowest BCUT2D eigenvalue weighted by atomic mass is 9.98. The minimum Gasteiger partial charge on any atom is -0.312 e. The summed E-state index contributed by atoms with van der Waals surface area (Å²) < 4.78 is 0. The van der Waals surface area contributed by atoms with E-state index in [1.165, 1.54) is 30.4 Å². The third-order valence-corrected chi connectivity index (χ3v) is 4.23. The second kappa shape index (κ2) is 6.02. The first-order valence-corrected chi connectivity index (χ1v) is 6.91. The summed E-state index contributed by atoms with van der Waals surface area (Å²) >= 11 is 0. The van der Waals surface area contributed by atoms with Crippen LogP contribution in [0.5, 0.6) is 0 Å². The number of aryl methyl sites for hydroxylation is 1. The van der Waals surface area contributed by atoms with Gasteiger partial charge in [-0.1, -0.05) is 25.8 Å². The molecule has 0 aromatic heterocycles. The second-order valence-electron chi connectivity index (χ2n) is 5.55. The molecule has 1 N–H and O–H groups in total. The molecule has 1 aliphatic carbocycles. The van der Waals surface area contributed by atoms with Gasteiger partial charge in [-0.2, -0.15) is 5.26 Å². The average molecular weight is 242 g/mol. The van der Waals surface area contributed by atoms with Crippen LogP contribution in [0.25, 0.3) is 0 Å². The first-order valence-electron chi connectivity index (χ1n) is 6.91. The summed E-state index contributed by atoms with van der Waals surface area (Å²) in [6.07, 6.45) is 4.16. The van der Waals surface area contributed by atoms with Crippen LogP contribution in [0.3, 0.4) is 0 Å². The van der Waals surface area contributed by atoms with Gasteiger partial charge in [0.1, 0.15) is 0 Å². The standard InChI is InChI=1S/C16H22N2/c1-12-4-3-5-15(12)10-18-11-16-7-6-14(9-17)8-13(16)2/h6-8,12,15,18H,3-5,10-11H2,1-2H3. The van der Waals surface area contributed by atoms with Crippen molar-refractivity contribution in [1.82, 2.24) is 5.32 Å². The molecule has 2 nitrogen and oxygen atoms in total. The van der Waals surface area contributed by atoms with E-state index < -0.39 is 0 Å². The zero-order valence-electron chi connectivity index (χ0n) is 11.4. The minimum absolute atomic E-state index is 0.751. The van der Waals surface area contributed by atoms with Gasteiger partial charge < -0.3 is 5.32 Å². The molecule has 0 heterocycles. The molecule has 0 bridgehead atoms. The van der Waals surface area contributed by atoms with Crippen LogP contribution in [0.1, 0.15) is 42.9 Å². The maximum Gasteiger partial charge on any atom is 0.0991 e. The lowest BCUT2D eigenvalue weighted by Crippen LogP contribution is -2.24. The molecular weight excluding hydrogens is 220 g/mol. The summed E-state index contributed by atoms with van der Waals surface area (Å²) in [7, 11) is 0. The SMILES string of the molecule is Cc1cc(C#N)ccc1CNCC1CCCC1C. The molecule has 1 saturated carbocycles. The number of benzene rings is 1. The molecule has 96 valence electrons. The summed E-state index contributed by atoms with van der Waals surface area (Å²) in [6.45, 7) is 6.49. The third-order valence-electron chi connectivity index (χ3n) is 4.23. The molecule has 0 saturated heterocycles. The van der Waals surface area contributed by atoms with Crippen LogP contribution < -0.4 is 5.32 Å². The van der Waals surface area contributed by atoms with Crippen molar-refractivity contribution in [3.63, 3.8) is 0 Å². The summed E-state index contributed by atoms with van der Waals surface area (Å²) in [5.74, 6) is 1.73. The molecule has 0 radical (unpaired) electrons. The van der Waals surface area contributed by atoms with Crippen molar-refractivity contribution in [3.8, 4) is 6.07 Å². The molecule has 0 amide bonds. The molecule has 2 unspecified atom stereocenters. The Bertz CT molecular complexity index is 445. The van der Waals surface area contributed by atoms with Gasteiger partial charge in [0.05, 0.1) is 11.6 Å². The lowest BCUT2D eigenvalue weighted by Gasteiger charge is -2.16. The van der Waals surface area contributed by atoms with E-state index in [-0.39, 0.29) is 0 Å². The molecule has 1 aliphatic rings. The topological polar surface area (TPSA) is 35.8 Å². The van der Waals surface area contributed by atoms with Gasteiger partial charge in [0.2, 0.25) is 0 Å². The molecule has 1 aromatic carbocycles. The highest BCUT2D eigenvalue weighted by molar-refractivity contribution is 5.37. The zero-order valence-corrected chi connectivity index (χ0v) is 11.4. The Morgan fingerprint density at radius 3 is 2.83 bits per heavy atom. The maximum atomic E-state index is 8.84. The number of hydrogen-bond donors (Lipinski definition) is 1. The van der Waals surface area contributed by atoms with Gasteiger partial charge in [0.25, 0.3) is 0 Å². The van der Waals surface area contributed by atoms with Gasteiger partial charge in [-0.05, 0) is 55.0 Å². The first kappa shape index (κ1) is 13.1.